The van der Waals surface area contributed by atoms with Crippen molar-refractivity contribution in [2.24, 2.45) is 0 Å². The molecule has 0 atom stereocenters. The van der Waals surface area contributed by atoms with Crippen LogP contribution in [0.1, 0.15) is 21.6 Å². The zero-order valence-electron chi connectivity index (χ0n) is 18.4. The van der Waals surface area contributed by atoms with E-state index in [1.54, 1.807) is 12.1 Å². The average Bonchev–Trinajstić information content (AvgIpc) is 3.14. The molecule has 0 saturated carbocycles. The molecule has 2 aromatic heterocycles. The zero-order chi connectivity index (χ0) is 25.9. The highest BCUT2D eigenvalue weighted by Gasteiger charge is 2.31. The summed E-state index contributed by atoms with van der Waals surface area (Å²) in [5.74, 6) is -1.31. The van der Waals surface area contributed by atoms with Crippen LogP contribution in [0.5, 0.6) is 0 Å². The van der Waals surface area contributed by atoms with Crippen LogP contribution in [-0.2, 0) is 17.6 Å². The summed E-state index contributed by atoms with van der Waals surface area (Å²) in [6, 6.07) is 10.9. The van der Waals surface area contributed by atoms with Gasteiger partial charge in [-0.25, -0.2) is 9.87 Å². The quantitative estimate of drug-likeness (QED) is 0.109. The van der Waals surface area contributed by atoms with Gasteiger partial charge in [-0.15, -0.1) is 0 Å². The number of halogens is 5. The Kier molecular flexibility index (Phi) is 7.76. The van der Waals surface area contributed by atoms with Gasteiger partial charge in [0.25, 0.3) is 5.91 Å². The molecule has 36 heavy (non-hydrogen) atoms. The Morgan fingerprint density at radius 1 is 1.17 bits per heavy atom. The van der Waals surface area contributed by atoms with Crippen molar-refractivity contribution >= 4 is 50.8 Å². The van der Waals surface area contributed by atoms with Gasteiger partial charge in [0.15, 0.2) is 0 Å². The minimum atomic E-state index is -4.54. The molecule has 2 aromatic carbocycles. The van der Waals surface area contributed by atoms with Crippen molar-refractivity contribution in [3.05, 3.63) is 87.1 Å². The van der Waals surface area contributed by atoms with Crippen molar-refractivity contribution in [2.75, 3.05) is 18.5 Å². The van der Waals surface area contributed by atoms with E-state index in [4.69, 9.17) is 9.94 Å². The molecule has 0 saturated heterocycles. The number of hydrogen-bond donors (Lipinski definition) is 3. The number of alkyl halides is 3. The molecule has 0 unspecified atom stereocenters. The number of aliphatic hydroxyl groups excluding tert-OH is 1. The van der Waals surface area contributed by atoms with Crippen LogP contribution < -0.4 is 10.8 Å². The maximum absolute atomic E-state index is 14.7. The summed E-state index contributed by atoms with van der Waals surface area (Å²) in [5.41, 5.74) is 2.41. The summed E-state index contributed by atoms with van der Waals surface area (Å²) in [5, 5.41) is 12.4. The first-order valence-electron chi connectivity index (χ1n) is 10.6. The van der Waals surface area contributed by atoms with Crippen LogP contribution in [0.2, 0.25) is 0 Å². The molecule has 0 spiro atoms. The Balaban J connectivity index is 1.87. The van der Waals surface area contributed by atoms with E-state index >= 15 is 0 Å². The number of benzene rings is 2. The number of carbonyl (C=O) groups is 1. The first-order chi connectivity index (χ1) is 17.2. The molecule has 4 rings (SSSR count). The number of nitrogens with one attached hydrogen (secondary N) is 2. The smallest absolute Gasteiger partial charge is 0.394 e. The van der Waals surface area contributed by atoms with Gasteiger partial charge in [0.1, 0.15) is 11.5 Å². The monoisotopic (exact) mass is 614 g/mol. The first-order valence-corrected chi connectivity index (χ1v) is 11.6. The van der Waals surface area contributed by atoms with E-state index in [-0.39, 0.29) is 42.4 Å². The van der Waals surface area contributed by atoms with Gasteiger partial charge < -0.3 is 15.0 Å². The molecule has 1 amide bonds. The zero-order valence-corrected chi connectivity index (χ0v) is 20.6. The maximum atomic E-state index is 14.7. The molecule has 0 aliphatic carbocycles. The highest BCUT2D eigenvalue weighted by molar-refractivity contribution is 14.1. The highest BCUT2D eigenvalue weighted by atomic mass is 127. The number of hydroxylamine groups is 1. The fourth-order valence-electron chi connectivity index (χ4n) is 3.69. The first kappa shape index (κ1) is 25.9. The minimum Gasteiger partial charge on any atom is -0.394 e. The van der Waals surface area contributed by atoms with Gasteiger partial charge in [-0.3, -0.25) is 14.6 Å². The Morgan fingerprint density at radius 3 is 2.69 bits per heavy atom. The Hall–Kier alpha value is -3.23. The van der Waals surface area contributed by atoms with E-state index in [1.807, 2.05) is 22.6 Å². The van der Waals surface area contributed by atoms with Crippen LogP contribution in [0.3, 0.4) is 0 Å². The Morgan fingerprint density at radius 2 is 1.97 bits per heavy atom. The number of hydrogen-bond acceptors (Lipinski definition) is 5. The lowest BCUT2D eigenvalue weighted by Crippen LogP contribution is -2.28. The SMILES string of the molecule is O=C(NOCCO)c1c(Nc2ccc(I)cc2F)c2cnccc2n1Cc1cccc(C(F)(F)F)c1. The Labute approximate surface area is 216 Å². The molecule has 0 bridgehead atoms. The lowest BCUT2D eigenvalue weighted by atomic mass is 10.1. The summed E-state index contributed by atoms with van der Waals surface area (Å²) in [6.07, 6.45) is -1.59. The number of amides is 1. The maximum Gasteiger partial charge on any atom is 0.416 e. The third kappa shape index (κ3) is 5.60. The minimum absolute atomic E-state index is 0.0219. The van der Waals surface area contributed by atoms with Gasteiger partial charge >= 0.3 is 6.18 Å². The Bertz CT molecular complexity index is 1410. The number of aromatic nitrogens is 2. The van der Waals surface area contributed by atoms with Crippen molar-refractivity contribution in [1.29, 1.82) is 0 Å². The van der Waals surface area contributed by atoms with E-state index in [0.717, 1.165) is 12.1 Å². The number of aliphatic hydroxyl groups is 1. The van der Waals surface area contributed by atoms with Crippen molar-refractivity contribution in [3.8, 4) is 0 Å². The summed E-state index contributed by atoms with van der Waals surface area (Å²) >= 11 is 1.97. The lowest BCUT2D eigenvalue weighted by Gasteiger charge is -2.15. The number of fused-ring (bicyclic) bond motifs is 1. The third-order valence-electron chi connectivity index (χ3n) is 5.22. The normalized spacial score (nSPS) is 11.6. The number of carbonyl (C=O) groups excluding carboxylic acids is 1. The van der Waals surface area contributed by atoms with Crippen LogP contribution in [0.4, 0.5) is 28.9 Å². The molecule has 7 nitrogen and oxygen atoms in total. The predicted octanol–water partition coefficient (Wildman–Crippen LogP) is 5.24. The van der Waals surface area contributed by atoms with Crippen LogP contribution in [0, 0.1) is 9.39 Å². The van der Waals surface area contributed by atoms with Crippen LogP contribution >= 0.6 is 22.6 Å². The second kappa shape index (κ2) is 10.8. The second-order valence-electron chi connectivity index (χ2n) is 7.65. The second-order valence-corrected chi connectivity index (χ2v) is 8.90. The molecule has 12 heteroatoms. The van der Waals surface area contributed by atoms with E-state index in [9.17, 15) is 22.4 Å². The number of rotatable bonds is 8. The summed E-state index contributed by atoms with van der Waals surface area (Å²) in [4.78, 5) is 22.3. The van der Waals surface area contributed by atoms with Gasteiger partial charge in [0, 0.05) is 27.9 Å². The van der Waals surface area contributed by atoms with Crippen molar-refractivity contribution in [3.63, 3.8) is 0 Å². The third-order valence-corrected chi connectivity index (χ3v) is 5.89. The van der Waals surface area contributed by atoms with Crippen molar-refractivity contribution < 1.29 is 32.3 Å². The van der Waals surface area contributed by atoms with Crippen molar-refractivity contribution in [2.45, 2.75) is 12.7 Å². The molecule has 0 radical (unpaired) electrons. The summed E-state index contributed by atoms with van der Waals surface area (Å²) < 4.78 is 56.7. The molecular formula is C24H19F4IN4O3. The predicted molar refractivity (Wildman–Crippen MR) is 133 cm³/mol. The molecule has 0 fully saturated rings. The number of anilines is 2. The summed E-state index contributed by atoms with van der Waals surface area (Å²) in [6.45, 7) is -0.643. The van der Waals surface area contributed by atoms with Gasteiger partial charge in [-0.2, -0.15) is 13.2 Å². The van der Waals surface area contributed by atoms with Gasteiger partial charge in [0.05, 0.1) is 35.7 Å². The lowest BCUT2D eigenvalue weighted by molar-refractivity contribution is -0.137. The molecule has 3 N–H and O–H groups in total. The van der Waals surface area contributed by atoms with Crippen LogP contribution in [0.15, 0.2) is 60.9 Å². The van der Waals surface area contributed by atoms with Crippen LogP contribution in [0.25, 0.3) is 10.9 Å². The molecular weight excluding hydrogens is 595 g/mol. The molecule has 0 aliphatic heterocycles. The van der Waals surface area contributed by atoms with E-state index in [1.165, 1.54) is 41.2 Å². The topological polar surface area (TPSA) is 88.4 Å². The van der Waals surface area contributed by atoms with Crippen molar-refractivity contribution in [1.82, 2.24) is 15.0 Å². The largest absolute Gasteiger partial charge is 0.416 e. The fraction of sp³-hybridized carbons (Fsp3) is 0.167. The van der Waals surface area contributed by atoms with Crippen LogP contribution in [-0.4, -0.2) is 33.8 Å². The standard InChI is InChI=1S/C24H19F4IN4O3/c25-18-11-16(29)4-5-19(18)31-21-17-12-30-7-6-20(17)33(22(21)23(35)32-36-9-8-34)13-14-2-1-3-15(10-14)24(26,27)28/h1-7,10-12,31,34H,8-9,13H2,(H,32,35). The number of pyridine rings is 1. The van der Waals surface area contributed by atoms with E-state index < -0.39 is 23.5 Å². The van der Waals surface area contributed by atoms with Gasteiger partial charge in [-0.05, 0) is 64.6 Å². The molecule has 0 aliphatic rings. The van der Waals surface area contributed by atoms with Gasteiger partial charge in [0.2, 0.25) is 0 Å². The van der Waals surface area contributed by atoms with Gasteiger partial charge in [-0.1, -0.05) is 12.1 Å². The highest BCUT2D eigenvalue weighted by Crippen LogP contribution is 2.35. The number of nitrogens with zero attached hydrogens (tertiary/aromatic N) is 2. The molecule has 188 valence electrons. The average molecular weight is 614 g/mol. The van der Waals surface area contributed by atoms with E-state index in [2.05, 4.69) is 15.8 Å². The molecule has 4 aromatic rings. The summed E-state index contributed by atoms with van der Waals surface area (Å²) in [7, 11) is 0. The fourth-order valence-corrected chi connectivity index (χ4v) is 4.14. The van der Waals surface area contributed by atoms with E-state index in [0.29, 0.717) is 14.5 Å². The molecule has 2 heterocycles.